The summed E-state index contributed by atoms with van der Waals surface area (Å²) in [5.41, 5.74) is 2.13. The van der Waals surface area contributed by atoms with Crippen molar-refractivity contribution in [2.75, 3.05) is 17.7 Å². The van der Waals surface area contributed by atoms with Gasteiger partial charge in [-0.2, -0.15) is 0 Å². The van der Waals surface area contributed by atoms with Gasteiger partial charge in [0.1, 0.15) is 17.7 Å². The highest BCUT2D eigenvalue weighted by Crippen LogP contribution is 2.27. The molecule has 1 amide bonds. The number of anilines is 1. The first kappa shape index (κ1) is 22.9. The summed E-state index contributed by atoms with van der Waals surface area (Å²) in [6.07, 6.45) is -1.30. The van der Waals surface area contributed by atoms with Gasteiger partial charge in [-0.25, -0.2) is 8.78 Å². The zero-order valence-electron chi connectivity index (χ0n) is 16.9. The monoisotopic (exact) mass is 443 g/mol. The van der Waals surface area contributed by atoms with Gasteiger partial charge in [0, 0.05) is 23.3 Å². The summed E-state index contributed by atoms with van der Waals surface area (Å²) in [7, 11) is 0. The molecule has 0 radical (unpaired) electrons. The molecule has 31 heavy (non-hydrogen) atoms. The average Bonchev–Trinajstić information content (AvgIpc) is 2.75. The summed E-state index contributed by atoms with van der Waals surface area (Å²) in [6, 6.07) is 19.1. The largest absolute Gasteiger partial charge is 0.390 e. The normalized spacial score (nSPS) is 12.0. The molecule has 4 nitrogen and oxygen atoms in total. The Morgan fingerprint density at radius 3 is 1.94 bits per heavy atom. The van der Waals surface area contributed by atoms with E-state index in [2.05, 4.69) is 5.32 Å². The highest BCUT2D eigenvalue weighted by atomic mass is 32.2. The number of benzene rings is 3. The highest BCUT2D eigenvalue weighted by molar-refractivity contribution is 7.99. The molecule has 0 saturated heterocycles. The molecule has 0 aliphatic heterocycles. The third kappa shape index (κ3) is 7.17. The molecule has 0 fully saturated rings. The van der Waals surface area contributed by atoms with Gasteiger partial charge in [0.05, 0.1) is 12.7 Å². The van der Waals surface area contributed by atoms with Crippen molar-refractivity contribution in [3.05, 3.63) is 95.6 Å². The summed E-state index contributed by atoms with van der Waals surface area (Å²) in [5, 5.41) is 13.1. The van der Waals surface area contributed by atoms with E-state index in [0.717, 1.165) is 4.90 Å². The maximum atomic E-state index is 13.3. The molecule has 162 valence electrons. The lowest BCUT2D eigenvalue weighted by atomic mass is 10.0. The van der Waals surface area contributed by atoms with Crippen LogP contribution in [0.25, 0.3) is 0 Å². The molecule has 0 aromatic heterocycles. The number of carbonyl (C=O) groups excluding carboxylic acids is 1. The van der Waals surface area contributed by atoms with Crippen molar-refractivity contribution >= 4 is 23.4 Å². The molecule has 0 saturated carbocycles. The van der Waals surface area contributed by atoms with E-state index in [9.17, 15) is 18.7 Å². The molecular formula is C24H23F2NO3S. The third-order valence-corrected chi connectivity index (χ3v) is 5.57. The van der Waals surface area contributed by atoms with Crippen LogP contribution in [-0.4, -0.2) is 29.5 Å². The predicted molar refractivity (Wildman–Crippen MR) is 118 cm³/mol. The number of aliphatic hydroxyl groups is 1. The molecule has 0 aliphatic rings. The van der Waals surface area contributed by atoms with E-state index in [-0.39, 0.29) is 24.1 Å². The van der Waals surface area contributed by atoms with E-state index < -0.39 is 12.2 Å². The first-order valence-electron chi connectivity index (χ1n) is 9.72. The Labute approximate surface area is 184 Å². The fourth-order valence-electron chi connectivity index (χ4n) is 2.95. The van der Waals surface area contributed by atoms with Gasteiger partial charge in [-0.05, 0) is 59.7 Å². The Bertz CT molecular complexity index is 934. The van der Waals surface area contributed by atoms with E-state index in [1.807, 2.05) is 12.1 Å². The first-order valence-corrected chi connectivity index (χ1v) is 10.7. The zero-order valence-corrected chi connectivity index (χ0v) is 17.7. The highest BCUT2D eigenvalue weighted by Gasteiger charge is 2.17. The zero-order chi connectivity index (χ0) is 22.2. The van der Waals surface area contributed by atoms with Gasteiger partial charge in [-0.3, -0.25) is 4.79 Å². The lowest BCUT2D eigenvalue weighted by Crippen LogP contribution is -2.20. The molecule has 0 heterocycles. The standard InChI is InChI=1S/C24H23F2NO3S/c1-16(28)27-21-10-12-23(13-11-21)31-15-22(29)14-30-24(17-2-6-19(25)7-3-17)18-4-8-20(26)9-5-18/h2-13,22,24,29H,14-15H2,1H3,(H,27,28). The Hall–Kier alpha value is -2.74. The van der Waals surface area contributed by atoms with Crippen LogP contribution in [-0.2, 0) is 9.53 Å². The fourth-order valence-corrected chi connectivity index (χ4v) is 3.76. The van der Waals surface area contributed by atoms with Crippen LogP contribution in [0.3, 0.4) is 0 Å². The molecule has 3 aromatic carbocycles. The molecule has 3 rings (SSSR count). The van der Waals surface area contributed by atoms with E-state index in [0.29, 0.717) is 22.6 Å². The second-order valence-electron chi connectivity index (χ2n) is 6.99. The summed E-state index contributed by atoms with van der Waals surface area (Å²) >= 11 is 1.46. The summed E-state index contributed by atoms with van der Waals surface area (Å²) < 4.78 is 32.6. The fraction of sp³-hybridized carbons (Fsp3) is 0.208. The SMILES string of the molecule is CC(=O)Nc1ccc(SCC(O)COC(c2ccc(F)cc2)c2ccc(F)cc2)cc1. The van der Waals surface area contributed by atoms with E-state index in [1.165, 1.54) is 43.0 Å². The van der Waals surface area contributed by atoms with Gasteiger partial charge in [0.2, 0.25) is 5.91 Å². The van der Waals surface area contributed by atoms with Crippen molar-refractivity contribution in [1.82, 2.24) is 0 Å². The number of aliphatic hydroxyl groups excluding tert-OH is 1. The number of thioether (sulfide) groups is 1. The number of halogens is 2. The smallest absolute Gasteiger partial charge is 0.221 e. The lowest BCUT2D eigenvalue weighted by molar-refractivity contribution is -0.114. The maximum absolute atomic E-state index is 13.3. The summed E-state index contributed by atoms with van der Waals surface area (Å²) in [5.74, 6) is -0.450. The molecule has 2 N–H and O–H groups in total. The second kappa shape index (κ2) is 11.0. The van der Waals surface area contributed by atoms with Crippen LogP contribution in [0.5, 0.6) is 0 Å². The molecule has 7 heteroatoms. The number of hydrogen-bond donors (Lipinski definition) is 2. The number of nitrogens with one attached hydrogen (secondary N) is 1. The van der Waals surface area contributed by atoms with Crippen LogP contribution in [0.15, 0.2) is 77.7 Å². The van der Waals surface area contributed by atoms with Gasteiger partial charge in [0.25, 0.3) is 0 Å². The Balaban J connectivity index is 1.59. The molecule has 1 atom stereocenters. The van der Waals surface area contributed by atoms with Gasteiger partial charge in [0.15, 0.2) is 0 Å². The Morgan fingerprint density at radius 1 is 0.935 bits per heavy atom. The van der Waals surface area contributed by atoms with Crippen LogP contribution in [0.4, 0.5) is 14.5 Å². The van der Waals surface area contributed by atoms with Crippen molar-refractivity contribution in [1.29, 1.82) is 0 Å². The lowest BCUT2D eigenvalue weighted by Gasteiger charge is -2.21. The molecule has 1 unspecified atom stereocenters. The topological polar surface area (TPSA) is 58.6 Å². The quantitative estimate of drug-likeness (QED) is 0.447. The minimum atomic E-state index is -0.747. The first-order chi connectivity index (χ1) is 14.9. The predicted octanol–water partition coefficient (Wildman–Crippen LogP) is 5.18. The van der Waals surface area contributed by atoms with E-state index in [4.69, 9.17) is 4.74 Å². The average molecular weight is 444 g/mol. The number of carbonyl (C=O) groups is 1. The van der Waals surface area contributed by atoms with Gasteiger partial charge < -0.3 is 15.2 Å². The van der Waals surface area contributed by atoms with E-state index in [1.54, 1.807) is 36.4 Å². The van der Waals surface area contributed by atoms with Gasteiger partial charge in [-0.1, -0.05) is 24.3 Å². The van der Waals surface area contributed by atoms with Gasteiger partial charge in [-0.15, -0.1) is 11.8 Å². The number of ether oxygens (including phenoxy) is 1. The minimum Gasteiger partial charge on any atom is -0.390 e. The molecule has 0 aliphatic carbocycles. The minimum absolute atomic E-state index is 0.0520. The van der Waals surface area contributed by atoms with Crippen molar-refractivity contribution < 1.29 is 23.4 Å². The number of rotatable bonds is 9. The van der Waals surface area contributed by atoms with Crippen LogP contribution >= 0.6 is 11.8 Å². The van der Waals surface area contributed by atoms with Crippen molar-refractivity contribution in [3.63, 3.8) is 0 Å². The maximum Gasteiger partial charge on any atom is 0.221 e. The number of amides is 1. The summed E-state index contributed by atoms with van der Waals surface area (Å²) in [6.45, 7) is 1.50. The van der Waals surface area contributed by atoms with Crippen LogP contribution in [0.1, 0.15) is 24.2 Å². The van der Waals surface area contributed by atoms with Gasteiger partial charge >= 0.3 is 0 Å². The van der Waals surface area contributed by atoms with Crippen molar-refractivity contribution in [3.8, 4) is 0 Å². The molecule has 0 spiro atoms. The summed E-state index contributed by atoms with van der Waals surface area (Å²) in [4.78, 5) is 12.0. The van der Waals surface area contributed by atoms with Crippen LogP contribution < -0.4 is 5.32 Å². The Kier molecular flexibility index (Phi) is 8.17. The third-order valence-electron chi connectivity index (χ3n) is 4.42. The van der Waals surface area contributed by atoms with Crippen molar-refractivity contribution in [2.24, 2.45) is 0 Å². The van der Waals surface area contributed by atoms with Crippen LogP contribution in [0, 0.1) is 11.6 Å². The second-order valence-corrected chi connectivity index (χ2v) is 8.08. The molecule has 0 bridgehead atoms. The Morgan fingerprint density at radius 2 is 1.45 bits per heavy atom. The number of hydrogen-bond acceptors (Lipinski definition) is 4. The van der Waals surface area contributed by atoms with Crippen LogP contribution in [0.2, 0.25) is 0 Å². The molecule has 3 aromatic rings. The van der Waals surface area contributed by atoms with Crippen molar-refractivity contribution in [2.45, 2.75) is 24.0 Å². The van der Waals surface area contributed by atoms with E-state index >= 15 is 0 Å². The molecular weight excluding hydrogens is 420 g/mol.